The summed E-state index contributed by atoms with van der Waals surface area (Å²) in [5.41, 5.74) is 7.65. The van der Waals surface area contributed by atoms with Crippen molar-refractivity contribution in [1.29, 1.82) is 0 Å². The molecule has 0 aromatic heterocycles. The summed E-state index contributed by atoms with van der Waals surface area (Å²) in [4.78, 5) is 2.25. The molecule has 1 fully saturated rings. The number of rotatable bonds is 15. The largest absolute Gasteiger partial charge is 0.493 e. The predicted molar refractivity (Wildman–Crippen MR) is 142 cm³/mol. The lowest BCUT2D eigenvalue weighted by Crippen LogP contribution is -2.44. The molecule has 1 heterocycles. The molecule has 1 aromatic rings. The van der Waals surface area contributed by atoms with Crippen LogP contribution in [0.15, 0.2) is 18.2 Å². The number of likely N-dealkylation sites (tertiary alicyclic amines) is 1. The summed E-state index contributed by atoms with van der Waals surface area (Å²) in [6.07, 6.45) is 3.22. The molecule has 1 aliphatic rings. The van der Waals surface area contributed by atoms with Crippen LogP contribution in [0.1, 0.15) is 38.7 Å². The smallest absolute Gasteiger partial charge is 0.161 e. The summed E-state index contributed by atoms with van der Waals surface area (Å²) in [5.74, 6) is 2.31. The molecule has 1 saturated heterocycles. The van der Waals surface area contributed by atoms with Crippen LogP contribution in [0.4, 0.5) is 0 Å². The molecule has 200 valence electrons. The third-order valence-electron chi connectivity index (χ3n) is 6.50. The Bertz CT molecular complexity index is 668. The van der Waals surface area contributed by atoms with Crippen molar-refractivity contribution in [2.75, 3.05) is 54.2 Å². The normalized spacial score (nSPS) is 18.6. The van der Waals surface area contributed by atoms with E-state index in [0.717, 1.165) is 50.3 Å². The van der Waals surface area contributed by atoms with E-state index in [2.05, 4.69) is 30.9 Å². The first-order valence-electron chi connectivity index (χ1n) is 11.8. The molecule has 4 atom stereocenters. The van der Waals surface area contributed by atoms with Gasteiger partial charge in [-0.15, -0.1) is 24.8 Å². The Balaban J connectivity index is 0.00000544. The van der Waals surface area contributed by atoms with Crippen molar-refractivity contribution >= 4 is 24.8 Å². The highest BCUT2D eigenvalue weighted by Gasteiger charge is 2.28. The van der Waals surface area contributed by atoms with Gasteiger partial charge in [0.15, 0.2) is 11.5 Å². The number of halogens is 2. The van der Waals surface area contributed by atoms with Crippen LogP contribution in [0.25, 0.3) is 0 Å². The van der Waals surface area contributed by atoms with Gasteiger partial charge in [-0.1, -0.05) is 19.9 Å². The maximum atomic E-state index is 10.7. The van der Waals surface area contributed by atoms with Crippen LogP contribution in [0.3, 0.4) is 0 Å². The monoisotopic (exact) mass is 524 g/mol. The molecular weight excluding hydrogens is 479 g/mol. The van der Waals surface area contributed by atoms with Crippen molar-refractivity contribution in [3.63, 3.8) is 0 Å². The lowest BCUT2D eigenvalue weighted by molar-refractivity contribution is 0.0727. The molecule has 0 unspecified atom stereocenters. The molecular formula is C25H46Cl2N2O5. The molecule has 0 spiro atoms. The van der Waals surface area contributed by atoms with Gasteiger partial charge in [-0.05, 0) is 48.8 Å². The lowest BCUT2D eigenvalue weighted by Gasteiger charge is -2.29. The maximum Gasteiger partial charge on any atom is 0.161 e. The topological polar surface area (TPSA) is 86.4 Å². The highest BCUT2D eigenvalue weighted by molar-refractivity contribution is 5.85. The van der Waals surface area contributed by atoms with Gasteiger partial charge in [0.1, 0.15) is 0 Å². The minimum Gasteiger partial charge on any atom is -0.493 e. The molecule has 34 heavy (non-hydrogen) atoms. The van der Waals surface area contributed by atoms with Crippen molar-refractivity contribution in [3.8, 4) is 11.5 Å². The zero-order valence-corrected chi connectivity index (χ0v) is 23.0. The summed E-state index contributed by atoms with van der Waals surface area (Å²) < 4.78 is 21.9. The van der Waals surface area contributed by atoms with E-state index in [-0.39, 0.29) is 37.0 Å². The standard InChI is InChI=1S/C25H44N2O5.2ClH/c1-18(2)20(15-22(26)23(28)17-27-10-9-21(16-27)30-4)13-19-7-8-24(31-5)25(14-19)32-12-6-11-29-3;;/h7-8,14,18,20-23,28H,6,9-13,15-17,26H2,1-5H3;2*1H/t20-,21+,22-,23-;;/m0../s1. The zero-order chi connectivity index (χ0) is 23.5. The van der Waals surface area contributed by atoms with Crippen LogP contribution >= 0.6 is 24.8 Å². The van der Waals surface area contributed by atoms with Gasteiger partial charge in [-0.3, -0.25) is 4.90 Å². The van der Waals surface area contributed by atoms with E-state index in [9.17, 15) is 5.11 Å². The van der Waals surface area contributed by atoms with Crippen LogP contribution in [0.2, 0.25) is 0 Å². The van der Waals surface area contributed by atoms with Gasteiger partial charge >= 0.3 is 0 Å². The molecule has 0 saturated carbocycles. The minimum atomic E-state index is -0.539. The van der Waals surface area contributed by atoms with Crippen molar-refractivity contribution < 1.29 is 24.1 Å². The Kier molecular flexibility index (Phi) is 17.2. The third-order valence-corrected chi connectivity index (χ3v) is 6.50. The van der Waals surface area contributed by atoms with Crippen molar-refractivity contribution in [2.24, 2.45) is 17.6 Å². The van der Waals surface area contributed by atoms with Crippen molar-refractivity contribution in [1.82, 2.24) is 4.90 Å². The highest BCUT2D eigenvalue weighted by Crippen LogP contribution is 2.31. The van der Waals surface area contributed by atoms with E-state index in [1.54, 1.807) is 21.3 Å². The fourth-order valence-corrected chi connectivity index (χ4v) is 4.30. The molecule has 7 nitrogen and oxygen atoms in total. The molecule has 9 heteroatoms. The second-order valence-electron chi connectivity index (χ2n) is 9.26. The molecule has 3 N–H and O–H groups in total. The van der Waals surface area contributed by atoms with Gasteiger partial charge < -0.3 is 29.8 Å². The van der Waals surface area contributed by atoms with Crippen LogP contribution in [-0.2, 0) is 15.9 Å². The fraction of sp³-hybridized carbons (Fsp3) is 0.760. The van der Waals surface area contributed by atoms with Crippen LogP contribution in [0, 0.1) is 11.8 Å². The van der Waals surface area contributed by atoms with Gasteiger partial charge in [-0.2, -0.15) is 0 Å². The van der Waals surface area contributed by atoms with E-state index in [0.29, 0.717) is 31.6 Å². The average Bonchev–Trinajstić information content (AvgIpc) is 3.23. The van der Waals surface area contributed by atoms with E-state index >= 15 is 0 Å². The number of ether oxygens (including phenoxy) is 4. The number of aliphatic hydroxyl groups excluding tert-OH is 1. The molecule has 2 rings (SSSR count). The molecule has 0 bridgehead atoms. The molecule has 1 aliphatic heterocycles. The van der Waals surface area contributed by atoms with E-state index in [1.165, 1.54) is 5.56 Å². The van der Waals surface area contributed by atoms with Crippen molar-refractivity contribution in [3.05, 3.63) is 23.8 Å². The summed E-state index contributed by atoms with van der Waals surface area (Å²) in [7, 11) is 5.10. The summed E-state index contributed by atoms with van der Waals surface area (Å²) >= 11 is 0. The van der Waals surface area contributed by atoms with E-state index in [1.807, 2.05) is 6.07 Å². The number of nitrogens with two attached hydrogens (primary N) is 1. The predicted octanol–water partition coefficient (Wildman–Crippen LogP) is 3.57. The van der Waals surface area contributed by atoms with Gasteiger partial charge in [-0.25, -0.2) is 0 Å². The van der Waals surface area contributed by atoms with Crippen molar-refractivity contribution in [2.45, 2.75) is 57.8 Å². The number of hydrogen-bond donors (Lipinski definition) is 2. The Morgan fingerprint density at radius 2 is 1.85 bits per heavy atom. The molecule has 0 aliphatic carbocycles. The zero-order valence-electron chi connectivity index (χ0n) is 21.4. The third kappa shape index (κ3) is 10.9. The Morgan fingerprint density at radius 1 is 1.12 bits per heavy atom. The lowest BCUT2D eigenvalue weighted by atomic mass is 9.83. The quantitative estimate of drug-likeness (QED) is 0.339. The summed E-state index contributed by atoms with van der Waals surface area (Å²) in [6.45, 7) is 8.12. The van der Waals surface area contributed by atoms with Gasteiger partial charge in [0.25, 0.3) is 0 Å². The van der Waals surface area contributed by atoms with Gasteiger partial charge in [0.05, 0.1) is 25.9 Å². The summed E-state index contributed by atoms with van der Waals surface area (Å²) in [5, 5.41) is 10.7. The van der Waals surface area contributed by atoms with Crippen LogP contribution in [-0.4, -0.2) is 82.4 Å². The number of hydrogen-bond acceptors (Lipinski definition) is 7. The average molecular weight is 526 g/mol. The number of methoxy groups -OCH3 is 3. The Labute approximate surface area is 218 Å². The van der Waals surface area contributed by atoms with E-state index in [4.69, 9.17) is 24.7 Å². The first-order valence-corrected chi connectivity index (χ1v) is 11.8. The molecule has 0 radical (unpaired) electrons. The highest BCUT2D eigenvalue weighted by atomic mass is 35.5. The molecule has 1 aromatic carbocycles. The van der Waals surface area contributed by atoms with Gasteiger partial charge in [0, 0.05) is 52.9 Å². The maximum absolute atomic E-state index is 10.7. The van der Waals surface area contributed by atoms with E-state index < -0.39 is 6.10 Å². The van der Waals surface area contributed by atoms with Crippen LogP contribution in [0.5, 0.6) is 11.5 Å². The first kappa shape index (κ1) is 33.2. The van der Waals surface area contributed by atoms with Gasteiger partial charge in [0.2, 0.25) is 0 Å². The second kappa shape index (κ2) is 17.6. The second-order valence-corrected chi connectivity index (χ2v) is 9.26. The fourth-order valence-electron chi connectivity index (χ4n) is 4.30. The summed E-state index contributed by atoms with van der Waals surface area (Å²) in [6, 6.07) is 5.87. The Hall–Kier alpha value is -0.800. The number of benzene rings is 1. The Morgan fingerprint density at radius 3 is 2.44 bits per heavy atom. The number of aliphatic hydroxyl groups is 1. The SMILES string of the molecule is COCCCOc1cc(C[C@@H](C[C@H](N)[C@@H](O)CN2CC[C@@H](OC)C2)C(C)C)ccc1OC.Cl.Cl. The minimum absolute atomic E-state index is 0. The first-order chi connectivity index (χ1) is 15.4. The molecule has 0 amide bonds. The number of β-amino-alcohol motifs (C(OH)–C–C–N with tert-alkyl or cyclic N) is 1. The van der Waals surface area contributed by atoms with Crippen LogP contribution < -0.4 is 15.2 Å². The number of nitrogens with zero attached hydrogens (tertiary/aromatic N) is 1.